The standard InChI is InChI=1S/C17H21N3O3/c1-17(2,3)15(21)11-18-16(22)14-9-10-20(19-14)12-23-13-7-5-4-6-8-13/h4-10H,11-12H2,1-3H3,(H,18,22). The third-order valence-corrected chi connectivity index (χ3v) is 3.23. The molecule has 0 saturated carbocycles. The number of nitrogens with zero attached hydrogens (tertiary/aromatic N) is 2. The Balaban J connectivity index is 1.86. The van der Waals surface area contributed by atoms with Gasteiger partial charge >= 0.3 is 0 Å². The van der Waals surface area contributed by atoms with Gasteiger partial charge in [0.1, 0.15) is 11.4 Å². The lowest BCUT2D eigenvalue weighted by atomic mass is 9.91. The van der Waals surface area contributed by atoms with Gasteiger partial charge in [-0.3, -0.25) is 9.59 Å². The molecule has 0 saturated heterocycles. The van der Waals surface area contributed by atoms with E-state index in [1.807, 2.05) is 51.1 Å². The van der Waals surface area contributed by atoms with Gasteiger partial charge in [0.15, 0.2) is 12.5 Å². The number of carbonyl (C=O) groups is 2. The molecule has 0 aliphatic carbocycles. The summed E-state index contributed by atoms with van der Waals surface area (Å²) in [5.74, 6) is 0.323. The predicted molar refractivity (Wildman–Crippen MR) is 86.1 cm³/mol. The second kappa shape index (κ2) is 7.09. The van der Waals surface area contributed by atoms with Crippen LogP contribution in [0.3, 0.4) is 0 Å². The fraction of sp³-hybridized carbons (Fsp3) is 0.353. The Morgan fingerprint density at radius 3 is 2.52 bits per heavy atom. The van der Waals surface area contributed by atoms with Crippen LogP contribution in [0.1, 0.15) is 31.3 Å². The average molecular weight is 315 g/mol. The van der Waals surface area contributed by atoms with Gasteiger partial charge in [-0.1, -0.05) is 39.0 Å². The molecule has 2 aromatic rings. The molecule has 1 N–H and O–H groups in total. The predicted octanol–water partition coefficient (Wildman–Crippen LogP) is 2.26. The smallest absolute Gasteiger partial charge is 0.272 e. The first-order chi connectivity index (χ1) is 10.9. The third kappa shape index (κ3) is 4.95. The molecule has 0 radical (unpaired) electrons. The summed E-state index contributed by atoms with van der Waals surface area (Å²) in [6.45, 7) is 5.65. The van der Waals surface area contributed by atoms with Gasteiger partial charge in [0.2, 0.25) is 0 Å². The number of benzene rings is 1. The molecule has 0 unspecified atom stereocenters. The summed E-state index contributed by atoms with van der Waals surface area (Å²) in [5, 5.41) is 6.72. The second-order valence-electron chi connectivity index (χ2n) is 6.18. The maximum absolute atomic E-state index is 12.0. The van der Waals surface area contributed by atoms with Crippen molar-refractivity contribution >= 4 is 11.7 Å². The largest absolute Gasteiger partial charge is 0.471 e. The van der Waals surface area contributed by atoms with Crippen molar-refractivity contribution in [2.45, 2.75) is 27.5 Å². The van der Waals surface area contributed by atoms with E-state index in [-0.39, 0.29) is 30.7 Å². The number of ether oxygens (including phenoxy) is 1. The molecule has 0 atom stereocenters. The van der Waals surface area contributed by atoms with E-state index in [1.165, 1.54) is 4.68 Å². The minimum Gasteiger partial charge on any atom is -0.471 e. The number of hydrogen-bond acceptors (Lipinski definition) is 4. The van der Waals surface area contributed by atoms with Crippen molar-refractivity contribution in [3.05, 3.63) is 48.3 Å². The molecule has 2 rings (SSSR count). The zero-order valence-corrected chi connectivity index (χ0v) is 13.6. The van der Waals surface area contributed by atoms with E-state index < -0.39 is 5.41 Å². The molecule has 0 aliphatic rings. The van der Waals surface area contributed by atoms with E-state index in [0.717, 1.165) is 5.75 Å². The number of hydrogen-bond donors (Lipinski definition) is 1. The van der Waals surface area contributed by atoms with Crippen LogP contribution < -0.4 is 10.1 Å². The summed E-state index contributed by atoms with van der Waals surface area (Å²) >= 11 is 0. The molecular formula is C17H21N3O3. The number of para-hydroxylation sites is 1. The SMILES string of the molecule is CC(C)(C)C(=O)CNC(=O)c1ccn(COc2ccccc2)n1. The Morgan fingerprint density at radius 1 is 1.17 bits per heavy atom. The molecule has 1 aromatic heterocycles. The van der Waals surface area contributed by atoms with Gasteiger partial charge in [0.05, 0.1) is 6.54 Å². The van der Waals surface area contributed by atoms with Crippen molar-refractivity contribution in [3.8, 4) is 5.75 Å². The Labute approximate surface area is 135 Å². The van der Waals surface area contributed by atoms with Gasteiger partial charge in [0, 0.05) is 11.6 Å². The minimum absolute atomic E-state index is 0.00426. The lowest BCUT2D eigenvalue weighted by molar-refractivity contribution is -0.125. The highest BCUT2D eigenvalue weighted by Crippen LogP contribution is 2.13. The fourth-order valence-electron chi connectivity index (χ4n) is 1.73. The first-order valence-electron chi connectivity index (χ1n) is 7.39. The van der Waals surface area contributed by atoms with Crippen LogP contribution >= 0.6 is 0 Å². The van der Waals surface area contributed by atoms with Crippen molar-refractivity contribution < 1.29 is 14.3 Å². The van der Waals surface area contributed by atoms with Gasteiger partial charge in [-0.25, -0.2) is 4.68 Å². The molecule has 23 heavy (non-hydrogen) atoms. The Bertz CT molecular complexity index is 672. The van der Waals surface area contributed by atoms with Crippen LogP contribution in [0, 0.1) is 5.41 Å². The first kappa shape index (κ1) is 16.7. The maximum Gasteiger partial charge on any atom is 0.272 e. The van der Waals surface area contributed by atoms with E-state index in [1.54, 1.807) is 12.3 Å². The number of amides is 1. The summed E-state index contributed by atoms with van der Waals surface area (Å²) in [6.07, 6.45) is 1.66. The molecule has 122 valence electrons. The lowest BCUT2D eigenvalue weighted by Crippen LogP contribution is -2.35. The van der Waals surface area contributed by atoms with Gasteiger partial charge in [-0.15, -0.1) is 0 Å². The molecule has 0 spiro atoms. The highest BCUT2D eigenvalue weighted by atomic mass is 16.5. The fourth-order valence-corrected chi connectivity index (χ4v) is 1.73. The van der Waals surface area contributed by atoms with Gasteiger partial charge in [0.25, 0.3) is 5.91 Å². The number of Topliss-reactive ketones (excluding diaryl/α,β-unsaturated/α-hetero) is 1. The van der Waals surface area contributed by atoms with Crippen LogP contribution in [0.5, 0.6) is 5.75 Å². The van der Waals surface area contributed by atoms with Crippen LogP contribution in [0.15, 0.2) is 42.6 Å². The quantitative estimate of drug-likeness (QED) is 0.887. The Kier molecular flexibility index (Phi) is 5.16. The minimum atomic E-state index is -0.476. The molecule has 6 nitrogen and oxygen atoms in total. The Morgan fingerprint density at radius 2 is 1.87 bits per heavy atom. The zero-order chi connectivity index (χ0) is 16.9. The summed E-state index contributed by atoms with van der Waals surface area (Å²) in [7, 11) is 0. The molecule has 0 fully saturated rings. The summed E-state index contributed by atoms with van der Waals surface area (Å²) in [6, 6.07) is 10.9. The highest BCUT2D eigenvalue weighted by molar-refractivity contribution is 5.96. The number of nitrogens with one attached hydrogen (secondary N) is 1. The van der Waals surface area contributed by atoms with Crippen molar-refractivity contribution in [2.75, 3.05) is 6.54 Å². The van der Waals surface area contributed by atoms with E-state index in [0.29, 0.717) is 0 Å². The summed E-state index contributed by atoms with van der Waals surface area (Å²) in [5.41, 5.74) is -0.223. The van der Waals surface area contributed by atoms with Crippen molar-refractivity contribution in [1.82, 2.24) is 15.1 Å². The van der Waals surface area contributed by atoms with Crippen LogP contribution in [-0.2, 0) is 11.5 Å². The van der Waals surface area contributed by atoms with Gasteiger partial charge < -0.3 is 10.1 Å². The van der Waals surface area contributed by atoms with E-state index in [2.05, 4.69) is 10.4 Å². The van der Waals surface area contributed by atoms with E-state index in [9.17, 15) is 9.59 Å². The van der Waals surface area contributed by atoms with Crippen LogP contribution in [-0.4, -0.2) is 28.0 Å². The first-order valence-corrected chi connectivity index (χ1v) is 7.39. The Hall–Kier alpha value is -2.63. The number of aromatic nitrogens is 2. The molecule has 1 amide bonds. The molecule has 1 aromatic carbocycles. The van der Waals surface area contributed by atoms with Gasteiger partial charge in [-0.05, 0) is 18.2 Å². The van der Waals surface area contributed by atoms with Crippen LogP contribution in [0.4, 0.5) is 0 Å². The zero-order valence-electron chi connectivity index (χ0n) is 13.6. The number of carbonyl (C=O) groups excluding carboxylic acids is 2. The van der Waals surface area contributed by atoms with E-state index in [4.69, 9.17) is 4.74 Å². The summed E-state index contributed by atoms with van der Waals surface area (Å²) in [4.78, 5) is 23.8. The number of rotatable bonds is 6. The van der Waals surface area contributed by atoms with E-state index >= 15 is 0 Å². The lowest BCUT2D eigenvalue weighted by Gasteiger charge is -2.16. The summed E-state index contributed by atoms with van der Waals surface area (Å²) < 4.78 is 7.06. The van der Waals surface area contributed by atoms with Crippen molar-refractivity contribution in [1.29, 1.82) is 0 Å². The molecule has 0 aliphatic heterocycles. The monoisotopic (exact) mass is 315 g/mol. The normalized spacial score (nSPS) is 11.1. The topological polar surface area (TPSA) is 73.2 Å². The maximum atomic E-state index is 12.0. The van der Waals surface area contributed by atoms with Crippen molar-refractivity contribution in [2.24, 2.45) is 5.41 Å². The van der Waals surface area contributed by atoms with Gasteiger partial charge in [-0.2, -0.15) is 5.10 Å². The average Bonchev–Trinajstić information content (AvgIpc) is 2.99. The molecular weight excluding hydrogens is 294 g/mol. The highest BCUT2D eigenvalue weighted by Gasteiger charge is 2.22. The number of ketones is 1. The molecule has 6 heteroatoms. The van der Waals surface area contributed by atoms with Crippen LogP contribution in [0.2, 0.25) is 0 Å². The second-order valence-corrected chi connectivity index (χ2v) is 6.18. The third-order valence-electron chi connectivity index (χ3n) is 3.23. The molecule has 0 bridgehead atoms. The van der Waals surface area contributed by atoms with Crippen molar-refractivity contribution in [3.63, 3.8) is 0 Å². The molecule has 1 heterocycles. The van der Waals surface area contributed by atoms with Crippen LogP contribution in [0.25, 0.3) is 0 Å².